The Morgan fingerprint density at radius 1 is 1.14 bits per heavy atom. The lowest BCUT2D eigenvalue weighted by Gasteiger charge is -2.37. The molecule has 0 N–H and O–H groups in total. The molecule has 5 rings (SSSR count). The molecule has 1 saturated heterocycles. The zero-order valence-electron chi connectivity index (χ0n) is 24.6. The van der Waals surface area contributed by atoms with Gasteiger partial charge >= 0.3 is 5.97 Å². The van der Waals surface area contributed by atoms with Crippen molar-refractivity contribution in [2.45, 2.75) is 32.8 Å². The van der Waals surface area contributed by atoms with E-state index in [9.17, 15) is 18.4 Å². The third-order valence-electron chi connectivity index (χ3n) is 7.79. The van der Waals surface area contributed by atoms with Gasteiger partial charge < -0.3 is 19.3 Å². The van der Waals surface area contributed by atoms with Crippen molar-refractivity contribution in [3.8, 4) is 11.3 Å². The third-order valence-corrected chi connectivity index (χ3v) is 8.46. The van der Waals surface area contributed by atoms with Crippen LogP contribution in [0.2, 0.25) is 10.0 Å². The van der Waals surface area contributed by atoms with Crippen LogP contribution in [0.15, 0.2) is 42.5 Å². The highest BCUT2D eigenvalue weighted by Gasteiger charge is 2.34. The highest BCUT2D eigenvalue weighted by molar-refractivity contribution is 6.33. The fourth-order valence-corrected chi connectivity index (χ4v) is 6.02. The van der Waals surface area contributed by atoms with Gasteiger partial charge in [-0.2, -0.15) is 9.61 Å². The van der Waals surface area contributed by atoms with Crippen molar-refractivity contribution in [2.75, 3.05) is 38.8 Å². The van der Waals surface area contributed by atoms with Crippen molar-refractivity contribution in [2.24, 2.45) is 5.92 Å². The summed E-state index contributed by atoms with van der Waals surface area (Å²) in [7, 11) is 3.32. The standard InChI is InChI=1S/C31H31Cl2F2N5O4/c1-5-44-28(41)13-18-9-10-39(16-25(18)43-4)31(42)24-14-26-36-23(19-11-21(34)29(33)22(35)12-19)15-27(40(26)37-24)38(3)30-17(2)7-6-8-20(30)32/h6-8,11-12,14-15,18,25H,5,9-10,13,16H2,1-4H3. The van der Waals surface area contributed by atoms with E-state index in [1.807, 2.05) is 19.1 Å². The van der Waals surface area contributed by atoms with Crippen LogP contribution in [0.25, 0.3) is 16.9 Å². The van der Waals surface area contributed by atoms with Gasteiger partial charge in [0.25, 0.3) is 5.91 Å². The van der Waals surface area contributed by atoms with Crippen molar-refractivity contribution < 1.29 is 27.8 Å². The van der Waals surface area contributed by atoms with Crippen LogP contribution in [-0.4, -0.2) is 71.3 Å². The van der Waals surface area contributed by atoms with Crippen molar-refractivity contribution in [3.63, 3.8) is 0 Å². The number of rotatable bonds is 8. The molecule has 1 aliphatic heterocycles. The molecule has 4 aromatic rings. The highest BCUT2D eigenvalue weighted by atomic mass is 35.5. The smallest absolute Gasteiger partial charge is 0.306 e. The molecule has 0 saturated carbocycles. The van der Waals surface area contributed by atoms with E-state index in [0.717, 1.165) is 17.7 Å². The molecule has 9 nitrogen and oxygen atoms in total. The summed E-state index contributed by atoms with van der Waals surface area (Å²) in [5, 5.41) is 4.47. The van der Waals surface area contributed by atoms with Gasteiger partial charge in [-0.3, -0.25) is 9.59 Å². The lowest BCUT2D eigenvalue weighted by atomic mass is 9.90. The Morgan fingerprint density at radius 3 is 2.52 bits per heavy atom. The van der Waals surface area contributed by atoms with Crippen LogP contribution in [0.5, 0.6) is 0 Å². The normalized spacial score (nSPS) is 16.8. The Kier molecular flexibility index (Phi) is 9.38. The van der Waals surface area contributed by atoms with E-state index >= 15 is 0 Å². The first-order valence-corrected chi connectivity index (χ1v) is 14.8. The first kappa shape index (κ1) is 31.6. The number of para-hydroxylation sites is 1. The number of anilines is 2. The molecule has 44 heavy (non-hydrogen) atoms. The summed E-state index contributed by atoms with van der Waals surface area (Å²) in [5.74, 6) is -2.15. The second kappa shape index (κ2) is 13.1. The van der Waals surface area contributed by atoms with Crippen LogP contribution in [0, 0.1) is 24.5 Å². The maximum atomic E-state index is 14.5. The SMILES string of the molecule is CCOC(=O)CC1CCN(C(=O)c2cc3nc(-c4cc(F)c(Cl)c(F)c4)cc(N(C)c4c(C)cccc4Cl)n3n2)CC1OC. The molecule has 232 valence electrons. The molecule has 1 aliphatic rings. The molecule has 0 aliphatic carbocycles. The molecule has 2 atom stereocenters. The van der Waals surface area contributed by atoms with E-state index in [1.54, 1.807) is 43.0 Å². The van der Waals surface area contributed by atoms with Gasteiger partial charge in [-0.25, -0.2) is 13.8 Å². The molecule has 2 aromatic heterocycles. The van der Waals surface area contributed by atoms with Gasteiger partial charge in [-0.05, 0) is 49.9 Å². The number of ether oxygens (including phenoxy) is 2. The molecular formula is C31H31Cl2F2N5O4. The van der Waals surface area contributed by atoms with E-state index < -0.39 is 16.7 Å². The van der Waals surface area contributed by atoms with Crippen LogP contribution < -0.4 is 4.90 Å². The quantitative estimate of drug-likeness (QED) is 0.160. The van der Waals surface area contributed by atoms with Crippen LogP contribution in [0.4, 0.5) is 20.3 Å². The van der Waals surface area contributed by atoms with Gasteiger partial charge in [0.2, 0.25) is 0 Å². The lowest BCUT2D eigenvalue weighted by molar-refractivity contribution is -0.146. The number of hydrogen-bond donors (Lipinski definition) is 0. The number of carbonyl (C=O) groups excluding carboxylic acids is 2. The molecular weight excluding hydrogens is 615 g/mol. The van der Waals surface area contributed by atoms with Gasteiger partial charge in [-0.1, -0.05) is 35.3 Å². The average molecular weight is 647 g/mol. The van der Waals surface area contributed by atoms with Crippen LogP contribution in [-0.2, 0) is 14.3 Å². The fraction of sp³-hybridized carbons (Fsp3) is 0.355. The number of methoxy groups -OCH3 is 1. The predicted octanol–water partition coefficient (Wildman–Crippen LogP) is 6.49. The summed E-state index contributed by atoms with van der Waals surface area (Å²) in [6, 6.07) is 10.8. The van der Waals surface area contributed by atoms with Gasteiger partial charge in [0.05, 0.1) is 35.5 Å². The van der Waals surface area contributed by atoms with E-state index in [2.05, 4.69) is 10.1 Å². The van der Waals surface area contributed by atoms with Crippen LogP contribution in [0.3, 0.4) is 0 Å². The average Bonchev–Trinajstić information content (AvgIpc) is 3.43. The van der Waals surface area contributed by atoms with Crippen molar-refractivity contribution in [1.29, 1.82) is 0 Å². The summed E-state index contributed by atoms with van der Waals surface area (Å²) >= 11 is 12.3. The molecule has 2 unspecified atom stereocenters. The van der Waals surface area contributed by atoms with Crippen molar-refractivity contribution >= 4 is 52.2 Å². The van der Waals surface area contributed by atoms with Gasteiger partial charge in [0.15, 0.2) is 11.3 Å². The van der Waals surface area contributed by atoms with Gasteiger partial charge in [0.1, 0.15) is 22.5 Å². The molecule has 1 fully saturated rings. The second-order valence-corrected chi connectivity index (χ2v) is 11.4. The number of esters is 1. The molecule has 2 aromatic carbocycles. The lowest BCUT2D eigenvalue weighted by Crippen LogP contribution is -2.48. The maximum absolute atomic E-state index is 14.5. The Morgan fingerprint density at radius 2 is 1.86 bits per heavy atom. The fourth-order valence-electron chi connectivity index (χ4n) is 5.56. The molecule has 13 heteroatoms. The number of aromatic nitrogens is 3. The predicted molar refractivity (Wildman–Crippen MR) is 164 cm³/mol. The summed E-state index contributed by atoms with van der Waals surface area (Å²) in [4.78, 5) is 33.8. The molecule has 3 heterocycles. The monoisotopic (exact) mass is 645 g/mol. The number of amides is 1. The number of aryl methyl sites for hydroxylation is 1. The molecule has 1 amide bonds. The number of halogens is 4. The van der Waals surface area contributed by atoms with Crippen molar-refractivity contribution in [1.82, 2.24) is 19.5 Å². The number of piperidine rings is 1. The van der Waals surface area contributed by atoms with E-state index in [4.69, 9.17) is 32.7 Å². The molecule has 0 bridgehead atoms. The third kappa shape index (κ3) is 6.22. The van der Waals surface area contributed by atoms with E-state index in [-0.39, 0.29) is 59.5 Å². The first-order valence-electron chi connectivity index (χ1n) is 14.0. The first-order chi connectivity index (χ1) is 21.0. The minimum atomic E-state index is -0.927. The van der Waals surface area contributed by atoms with E-state index in [0.29, 0.717) is 36.1 Å². The topological polar surface area (TPSA) is 89.3 Å². The Balaban J connectivity index is 1.55. The van der Waals surface area contributed by atoms with Crippen LogP contribution in [0.1, 0.15) is 35.8 Å². The summed E-state index contributed by atoms with van der Waals surface area (Å²) < 4.78 is 41.1. The zero-order valence-corrected chi connectivity index (χ0v) is 26.1. The number of benzene rings is 2. The maximum Gasteiger partial charge on any atom is 0.306 e. The summed E-state index contributed by atoms with van der Waals surface area (Å²) in [6.45, 7) is 4.61. The van der Waals surface area contributed by atoms with Gasteiger partial charge in [0, 0.05) is 44.9 Å². The number of carbonyl (C=O) groups is 2. The minimum Gasteiger partial charge on any atom is -0.466 e. The minimum absolute atomic E-state index is 0.0901. The van der Waals surface area contributed by atoms with Gasteiger partial charge in [-0.15, -0.1) is 0 Å². The van der Waals surface area contributed by atoms with Crippen LogP contribution >= 0.6 is 23.2 Å². The number of hydrogen-bond acceptors (Lipinski definition) is 7. The van der Waals surface area contributed by atoms with E-state index in [1.165, 1.54) is 10.6 Å². The Bertz CT molecular complexity index is 1690. The Labute approximate surface area is 263 Å². The largest absolute Gasteiger partial charge is 0.466 e. The number of fused-ring (bicyclic) bond motifs is 1. The number of nitrogens with zero attached hydrogens (tertiary/aromatic N) is 5. The Hall–Kier alpha value is -3.80. The summed E-state index contributed by atoms with van der Waals surface area (Å²) in [6.07, 6.45) is 0.392. The number of likely N-dealkylation sites (tertiary alicyclic amines) is 1. The van der Waals surface area contributed by atoms with Crippen molar-refractivity contribution in [3.05, 3.63) is 75.4 Å². The highest BCUT2D eigenvalue weighted by Crippen LogP contribution is 2.36. The molecule has 0 radical (unpaired) electrons. The zero-order chi connectivity index (χ0) is 31.7. The second-order valence-electron chi connectivity index (χ2n) is 10.6. The molecule has 0 spiro atoms. The summed E-state index contributed by atoms with van der Waals surface area (Å²) in [5.41, 5.74) is 2.32.